The summed E-state index contributed by atoms with van der Waals surface area (Å²) in [7, 11) is 0. The van der Waals surface area contributed by atoms with E-state index in [-0.39, 0.29) is 6.04 Å². The molecule has 0 bridgehead atoms. The molecule has 0 aliphatic heterocycles. The van der Waals surface area contributed by atoms with Crippen molar-refractivity contribution in [1.29, 1.82) is 0 Å². The smallest absolute Gasteiger partial charge is 0.342 e. The third kappa shape index (κ3) is 2.43. The lowest BCUT2D eigenvalue weighted by atomic mass is 10.4. The zero-order valence-electron chi connectivity index (χ0n) is 4.35. The second-order valence-corrected chi connectivity index (χ2v) is 1.89. The number of nitrogens with one attached hydrogen (secondary N) is 1. The topological polar surface area (TPSA) is 64.3 Å². The minimum atomic E-state index is -0.459. The Bertz CT molecular complexity index is 87.4. The number of halogens is 1. The van der Waals surface area contributed by atoms with Gasteiger partial charge in [0.05, 0.1) is 0 Å². The van der Waals surface area contributed by atoms with E-state index in [1.807, 2.05) is 22.9 Å². The molecule has 1 atom stereocenters. The maximum Gasteiger partial charge on any atom is 0.342 e. The van der Waals surface area contributed by atoms with E-state index in [1.54, 1.807) is 6.92 Å². The molecule has 0 aliphatic rings. The number of rotatable bonds is 2. The highest BCUT2D eigenvalue weighted by atomic mass is 127. The number of nitrogens with two attached hydrogens (primary N) is 1. The number of hydrogen-bond donors (Lipinski definition) is 2. The monoisotopic (exact) mass is 230 g/mol. The fourth-order valence-electron chi connectivity index (χ4n) is 0.147. The average Bonchev–Trinajstić information content (AvgIpc) is 1.84. The molecule has 48 valence electrons. The van der Waals surface area contributed by atoms with Crippen LogP contribution in [0.1, 0.15) is 6.92 Å². The summed E-state index contributed by atoms with van der Waals surface area (Å²) in [6.07, 6.45) is 0. The van der Waals surface area contributed by atoms with Gasteiger partial charge in [0, 0.05) is 22.9 Å². The molecule has 0 rings (SSSR count). The lowest BCUT2D eigenvalue weighted by molar-refractivity contribution is -0.145. The van der Waals surface area contributed by atoms with Gasteiger partial charge in [0.2, 0.25) is 0 Å². The van der Waals surface area contributed by atoms with Gasteiger partial charge in [-0.2, -0.15) is 5.90 Å². The number of hydrogen-bond acceptors (Lipinski definition) is 4. The van der Waals surface area contributed by atoms with Crippen LogP contribution in [0.15, 0.2) is 0 Å². The SMILES string of the molecule is CC(NI)C(=O)ON. The molecule has 0 saturated carbocycles. The zero-order valence-corrected chi connectivity index (χ0v) is 6.51. The molecule has 8 heavy (non-hydrogen) atoms. The third-order valence-electron chi connectivity index (χ3n) is 0.633. The minimum absolute atomic E-state index is 0.333. The van der Waals surface area contributed by atoms with E-state index in [4.69, 9.17) is 0 Å². The molecule has 0 aromatic carbocycles. The third-order valence-corrected chi connectivity index (χ3v) is 1.57. The van der Waals surface area contributed by atoms with E-state index in [9.17, 15) is 4.79 Å². The fourth-order valence-corrected chi connectivity index (χ4v) is 0.401. The second-order valence-electron chi connectivity index (χ2n) is 1.27. The maximum atomic E-state index is 10.3. The van der Waals surface area contributed by atoms with Crippen LogP contribution in [-0.2, 0) is 9.63 Å². The van der Waals surface area contributed by atoms with Crippen LogP contribution in [0.2, 0.25) is 0 Å². The molecule has 5 heteroatoms. The molecule has 0 fully saturated rings. The highest BCUT2D eigenvalue weighted by molar-refractivity contribution is 14.1. The first-order valence-corrected chi connectivity index (χ1v) is 3.07. The molecule has 0 amide bonds. The zero-order chi connectivity index (χ0) is 6.57. The Hall–Kier alpha value is 0.120. The molecule has 0 aromatic heterocycles. The van der Waals surface area contributed by atoms with Gasteiger partial charge in [0.15, 0.2) is 0 Å². The Morgan fingerprint density at radius 1 is 2.00 bits per heavy atom. The Balaban J connectivity index is 3.46. The number of carbonyl (C=O) groups is 1. The first-order chi connectivity index (χ1) is 3.72. The standard InChI is InChI=1S/C3H7IN2O2/c1-2(6-4)3(7)8-5/h2,6H,5H2,1H3. The van der Waals surface area contributed by atoms with Gasteiger partial charge in [-0.15, -0.1) is 0 Å². The lowest BCUT2D eigenvalue weighted by Crippen LogP contribution is -2.30. The molecule has 0 radical (unpaired) electrons. The molecule has 0 aliphatic carbocycles. The summed E-state index contributed by atoms with van der Waals surface area (Å²) in [5.41, 5.74) is 0. The molecule has 3 N–H and O–H groups in total. The Labute approximate surface area is 61.2 Å². The van der Waals surface area contributed by atoms with Gasteiger partial charge in [0.1, 0.15) is 6.04 Å². The van der Waals surface area contributed by atoms with Crippen molar-refractivity contribution in [3.8, 4) is 0 Å². The van der Waals surface area contributed by atoms with Crippen LogP contribution in [0.4, 0.5) is 0 Å². The summed E-state index contributed by atoms with van der Waals surface area (Å²) in [6, 6.07) is -0.333. The summed E-state index contributed by atoms with van der Waals surface area (Å²) < 4.78 is 2.63. The van der Waals surface area contributed by atoms with E-state index in [1.165, 1.54) is 0 Å². The number of carbonyl (C=O) groups excluding carboxylic acids is 1. The fraction of sp³-hybridized carbons (Fsp3) is 0.667. The molecule has 0 spiro atoms. The summed E-state index contributed by atoms with van der Waals surface area (Å²) in [5.74, 6) is 4.10. The minimum Gasteiger partial charge on any atom is -0.372 e. The first kappa shape index (κ1) is 8.12. The van der Waals surface area contributed by atoms with Gasteiger partial charge in [0.25, 0.3) is 0 Å². The van der Waals surface area contributed by atoms with Crippen LogP contribution in [0, 0.1) is 0 Å². The van der Waals surface area contributed by atoms with Crippen molar-refractivity contribution in [3.05, 3.63) is 0 Å². The summed E-state index contributed by atoms with van der Waals surface area (Å²) in [5, 5.41) is 0. The molecule has 0 heterocycles. The molecule has 1 unspecified atom stereocenters. The van der Waals surface area contributed by atoms with E-state index < -0.39 is 5.97 Å². The van der Waals surface area contributed by atoms with Crippen molar-refractivity contribution in [2.45, 2.75) is 13.0 Å². The van der Waals surface area contributed by atoms with Gasteiger partial charge in [-0.1, -0.05) is 0 Å². The molecule has 0 aromatic rings. The first-order valence-electron chi connectivity index (χ1n) is 1.99. The highest BCUT2D eigenvalue weighted by Crippen LogP contribution is 1.85. The summed E-state index contributed by atoms with van der Waals surface area (Å²) in [4.78, 5) is 14.2. The second kappa shape index (κ2) is 4.04. The quantitative estimate of drug-likeness (QED) is 0.389. The highest BCUT2D eigenvalue weighted by Gasteiger charge is 2.09. The average molecular weight is 230 g/mol. The van der Waals surface area contributed by atoms with Crippen LogP contribution in [-0.4, -0.2) is 12.0 Å². The van der Waals surface area contributed by atoms with Crippen LogP contribution in [0.5, 0.6) is 0 Å². The van der Waals surface area contributed by atoms with Crippen LogP contribution in [0.3, 0.4) is 0 Å². The van der Waals surface area contributed by atoms with Crippen LogP contribution < -0.4 is 9.43 Å². The normalized spacial score (nSPS) is 12.9. The molecular weight excluding hydrogens is 223 g/mol. The van der Waals surface area contributed by atoms with E-state index in [0.717, 1.165) is 0 Å². The van der Waals surface area contributed by atoms with E-state index in [0.29, 0.717) is 0 Å². The molecular formula is C3H7IN2O2. The van der Waals surface area contributed by atoms with Crippen LogP contribution >= 0.6 is 22.9 Å². The lowest BCUT2D eigenvalue weighted by Gasteiger charge is -2.02. The maximum absolute atomic E-state index is 10.3. The predicted molar refractivity (Wildman–Crippen MR) is 36.9 cm³/mol. The largest absolute Gasteiger partial charge is 0.372 e. The van der Waals surface area contributed by atoms with E-state index in [2.05, 4.69) is 14.3 Å². The van der Waals surface area contributed by atoms with Gasteiger partial charge < -0.3 is 4.84 Å². The summed E-state index contributed by atoms with van der Waals surface area (Å²) in [6.45, 7) is 1.65. The van der Waals surface area contributed by atoms with Gasteiger partial charge in [-0.25, -0.2) is 8.32 Å². The Kier molecular flexibility index (Phi) is 4.11. The van der Waals surface area contributed by atoms with Gasteiger partial charge >= 0.3 is 5.97 Å². The van der Waals surface area contributed by atoms with Crippen LogP contribution in [0.25, 0.3) is 0 Å². The molecule has 4 nitrogen and oxygen atoms in total. The van der Waals surface area contributed by atoms with Crippen molar-refractivity contribution < 1.29 is 9.63 Å². The Morgan fingerprint density at radius 2 is 2.50 bits per heavy atom. The predicted octanol–water partition coefficient (Wildman–Crippen LogP) is -0.269. The molecule has 0 saturated heterocycles. The van der Waals surface area contributed by atoms with Gasteiger partial charge in [-0.3, -0.25) is 0 Å². The summed E-state index contributed by atoms with van der Waals surface area (Å²) >= 11 is 1.85. The van der Waals surface area contributed by atoms with Gasteiger partial charge in [-0.05, 0) is 6.92 Å². The van der Waals surface area contributed by atoms with Crippen molar-refractivity contribution in [1.82, 2.24) is 3.53 Å². The van der Waals surface area contributed by atoms with Crippen molar-refractivity contribution in [3.63, 3.8) is 0 Å². The van der Waals surface area contributed by atoms with Crippen molar-refractivity contribution >= 4 is 28.8 Å². The Morgan fingerprint density at radius 3 is 2.62 bits per heavy atom. The van der Waals surface area contributed by atoms with Crippen molar-refractivity contribution in [2.75, 3.05) is 0 Å². The van der Waals surface area contributed by atoms with Crippen molar-refractivity contribution in [2.24, 2.45) is 5.90 Å². The van der Waals surface area contributed by atoms with E-state index >= 15 is 0 Å².